The van der Waals surface area contributed by atoms with Gasteiger partial charge in [0, 0.05) is 29.7 Å². The summed E-state index contributed by atoms with van der Waals surface area (Å²) < 4.78 is 13.3. The first-order valence-electron chi connectivity index (χ1n) is 6.55. The van der Waals surface area contributed by atoms with Crippen molar-refractivity contribution in [3.8, 4) is 0 Å². The minimum Gasteiger partial charge on any atom is -0.352 e. The van der Waals surface area contributed by atoms with Crippen LogP contribution < -0.4 is 5.32 Å². The molecule has 0 unspecified atom stereocenters. The number of thiophene rings is 1. The van der Waals surface area contributed by atoms with E-state index in [2.05, 4.69) is 22.1 Å². The molecule has 0 aliphatic carbocycles. The van der Waals surface area contributed by atoms with Gasteiger partial charge in [-0.05, 0) is 34.5 Å². The molecule has 0 saturated carbocycles. The standard InChI is InChI=1S/C16H16FNOS2/c17-15-4-2-1-3-14(15)5-6-16(19)18-8-10-21-12-13-7-9-20-11-13/h1-7,9,11H,8,10,12H2,(H,18,19)/b6-5+. The Kier molecular flexibility index (Phi) is 6.50. The minimum absolute atomic E-state index is 0.200. The number of carbonyl (C=O) groups is 1. The molecular weight excluding hydrogens is 305 g/mol. The smallest absolute Gasteiger partial charge is 0.244 e. The highest BCUT2D eigenvalue weighted by Crippen LogP contribution is 2.14. The summed E-state index contributed by atoms with van der Waals surface area (Å²) in [7, 11) is 0. The van der Waals surface area contributed by atoms with E-state index in [9.17, 15) is 9.18 Å². The van der Waals surface area contributed by atoms with Crippen LogP contribution in [0.2, 0.25) is 0 Å². The van der Waals surface area contributed by atoms with E-state index in [-0.39, 0.29) is 11.7 Å². The number of hydrogen-bond acceptors (Lipinski definition) is 3. The van der Waals surface area contributed by atoms with Crippen LogP contribution in [0.25, 0.3) is 6.08 Å². The van der Waals surface area contributed by atoms with E-state index in [1.165, 1.54) is 23.8 Å². The van der Waals surface area contributed by atoms with Crippen LogP contribution in [-0.4, -0.2) is 18.2 Å². The minimum atomic E-state index is -0.326. The normalized spacial score (nSPS) is 10.9. The zero-order chi connectivity index (χ0) is 14.9. The Labute approximate surface area is 132 Å². The largest absolute Gasteiger partial charge is 0.352 e. The molecule has 0 bridgehead atoms. The average Bonchev–Trinajstić information content (AvgIpc) is 2.99. The molecule has 110 valence electrons. The van der Waals surface area contributed by atoms with E-state index in [1.54, 1.807) is 41.3 Å². The zero-order valence-corrected chi connectivity index (χ0v) is 13.1. The number of hydrogen-bond donors (Lipinski definition) is 1. The molecule has 2 aromatic rings. The quantitative estimate of drug-likeness (QED) is 0.618. The van der Waals surface area contributed by atoms with Gasteiger partial charge in [0.25, 0.3) is 0 Å². The summed E-state index contributed by atoms with van der Waals surface area (Å²) in [6.45, 7) is 0.606. The monoisotopic (exact) mass is 321 g/mol. The maximum Gasteiger partial charge on any atom is 0.244 e. The van der Waals surface area contributed by atoms with E-state index in [4.69, 9.17) is 0 Å². The van der Waals surface area contributed by atoms with Crippen molar-refractivity contribution in [3.63, 3.8) is 0 Å². The third kappa shape index (κ3) is 5.73. The lowest BCUT2D eigenvalue weighted by Crippen LogP contribution is -2.23. The summed E-state index contributed by atoms with van der Waals surface area (Å²) in [6, 6.07) is 8.47. The fraction of sp³-hybridized carbons (Fsp3) is 0.188. The lowest BCUT2D eigenvalue weighted by molar-refractivity contribution is -0.116. The third-order valence-corrected chi connectivity index (χ3v) is 4.48. The molecule has 0 aliphatic rings. The molecule has 1 N–H and O–H groups in total. The Bertz CT molecular complexity index is 596. The van der Waals surface area contributed by atoms with Gasteiger partial charge in [-0.1, -0.05) is 18.2 Å². The molecule has 1 amide bonds. The summed E-state index contributed by atoms with van der Waals surface area (Å²) in [4.78, 5) is 11.6. The summed E-state index contributed by atoms with van der Waals surface area (Å²) in [5.74, 6) is 1.29. The topological polar surface area (TPSA) is 29.1 Å². The van der Waals surface area contributed by atoms with Crippen molar-refractivity contribution in [2.45, 2.75) is 5.75 Å². The Hall–Kier alpha value is -1.59. The fourth-order valence-corrected chi connectivity index (χ4v) is 3.23. The molecule has 2 nitrogen and oxygen atoms in total. The van der Waals surface area contributed by atoms with Crippen molar-refractivity contribution in [1.82, 2.24) is 5.32 Å². The van der Waals surface area contributed by atoms with E-state index in [0.29, 0.717) is 12.1 Å². The molecule has 0 atom stereocenters. The van der Waals surface area contributed by atoms with Gasteiger partial charge in [-0.25, -0.2) is 4.39 Å². The molecule has 0 saturated heterocycles. The van der Waals surface area contributed by atoms with Gasteiger partial charge in [0.15, 0.2) is 0 Å². The van der Waals surface area contributed by atoms with Gasteiger partial charge >= 0.3 is 0 Å². The molecule has 1 aromatic heterocycles. The Morgan fingerprint density at radius 1 is 1.33 bits per heavy atom. The lowest BCUT2D eigenvalue weighted by atomic mass is 10.2. The zero-order valence-electron chi connectivity index (χ0n) is 11.4. The molecule has 2 rings (SSSR count). The van der Waals surface area contributed by atoms with Gasteiger partial charge in [0.05, 0.1) is 0 Å². The first-order valence-corrected chi connectivity index (χ1v) is 8.65. The number of nitrogens with one attached hydrogen (secondary N) is 1. The van der Waals surface area contributed by atoms with Crippen molar-refractivity contribution >= 4 is 35.1 Å². The maximum absolute atomic E-state index is 13.3. The van der Waals surface area contributed by atoms with Crippen LogP contribution in [-0.2, 0) is 10.5 Å². The highest BCUT2D eigenvalue weighted by atomic mass is 32.2. The van der Waals surface area contributed by atoms with Crippen molar-refractivity contribution in [1.29, 1.82) is 0 Å². The highest BCUT2D eigenvalue weighted by molar-refractivity contribution is 7.98. The number of amides is 1. The number of carbonyl (C=O) groups excluding carboxylic acids is 1. The van der Waals surface area contributed by atoms with Crippen molar-refractivity contribution < 1.29 is 9.18 Å². The summed E-state index contributed by atoms with van der Waals surface area (Å²) >= 11 is 3.47. The Balaban J connectivity index is 1.64. The Morgan fingerprint density at radius 2 is 2.19 bits per heavy atom. The van der Waals surface area contributed by atoms with Gasteiger partial charge in [0.1, 0.15) is 5.82 Å². The second kappa shape index (κ2) is 8.64. The summed E-state index contributed by atoms with van der Waals surface area (Å²) in [6.07, 6.45) is 2.85. The van der Waals surface area contributed by atoms with E-state index in [1.807, 2.05) is 0 Å². The van der Waals surface area contributed by atoms with Crippen LogP contribution in [0, 0.1) is 5.82 Å². The first-order chi connectivity index (χ1) is 10.3. The molecule has 1 aromatic carbocycles. The van der Waals surface area contributed by atoms with Gasteiger partial charge in [-0.2, -0.15) is 23.1 Å². The van der Waals surface area contributed by atoms with Gasteiger partial charge in [-0.3, -0.25) is 4.79 Å². The van der Waals surface area contributed by atoms with Crippen LogP contribution >= 0.6 is 23.1 Å². The van der Waals surface area contributed by atoms with E-state index in [0.717, 1.165) is 11.5 Å². The van der Waals surface area contributed by atoms with Gasteiger partial charge in [0.2, 0.25) is 5.91 Å². The third-order valence-electron chi connectivity index (χ3n) is 2.71. The second-order valence-electron chi connectivity index (χ2n) is 4.33. The van der Waals surface area contributed by atoms with Crippen LogP contribution in [0.15, 0.2) is 47.2 Å². The number of benzene rings is 1. The van der Waals surface area contributed by atoms with Gasteiger partial charge in [-0.15, -0.1) is 0 Å². The van der Waals surface area contributed by atoms with Gasteiger partial charge < -0.3 is 5.32 Å². The van der Waals surface area contributed by atoms with E-state index < -0.39 is 0 Å². The lowest BCUT2D eigenvalue weighted by Gasteiger charge is -2.02. The number of halogens is 1. The van der Waals surface area contributed by atoms with Crippen molar-refractivity contribution in [2.24, 2.45) is 0 Å². The fourth-order valence-electron chi connectivity index (χ4n) is 1.65. The molecule has 0 radical (unpaired) electrons. The number of rotatable bonds is 7. The van der Waals surface area contributed by atoms with Crippen LogP contribution in [0.4, 0.5) is 4.39 Å². The maximum atomic E-state index is 13.3. The molecular formula is C16H16FNOS2. The molecule has 0 aliphatic heterocycles. The Morgan fingerprint density at radius 3 is 2.95 bits per heavy atom. The number of thioether (sulfide) groups is 1. The predicted octanol–water partition coefficient (Wildman–Crippen LogP) is 3.95. The second-order valence-corrected chi connectivity index (χ2v) is 6.22. The molecule has 0 fully saturated rings. The van der Waals surface area contributed by atoms with E-state index >= 15 is 0 Å². The highest BCUT2D eigenvalue weighted by Gasteiger charge is 1.99. The molecule has 1 heterocycles. The van der Waals surface area contributed by atoms with Crippen LogP contribution in [0.5, 0.6) is 0 Å². The molecule has 5 heteroatoms. The average molecular weight is 321 g/mol. The first kappa shape index (κ1) is 15.8. The van der Waals surface area contributed by atoms with Crippen LogP contribution in [0.3, 0.4) is 0 Å². The molecule has 21 heavy (non-hydrogen) atoms. The van der Waals surface area contributed by atoms with Crippen molar-refractivity contribution in [3.05, 3.63) is 64.1 Å². The SMILES string of the molecule is O=C(/C=C/c1ccccc1F)NCCSCc1ccsc1. The predicted molar refractivity (Wildman–Crippen MR) is 88.9 cm³/mol. The molecule has 0 spiro atoms. The summed E-state index contributed by atoms with van der Waals surface area (Å²) in [5, 5.41) is 6.97. The summed E-state index contributed by atoms with van der Waals surface area (Å²) in [5.41, 5.74) is 1.73. The van der Waals surface area contributed by atoms with Crippen LogP contribution in [0.1, 0.15) is 11.1 Å². The van der Waals surface area contributed by atoms with Crippen molar-refractivity contribution in [2.75, 3.05) is 12.3 Å².